The van der Waals surface area contributed by atoms with Crippen LogP contribution in [0.4, 0.5) is 0 Å². The number of nitrogens with zero attached hydrogens (tertiary/aromatic N) is 3. The molecule has 1 saturated heterocycles. The number of rotatable bonds is 9. The average Bonchev–Trinajstić information content (AvgIpc) is 3.71. The van der Waals surface area contributed by atoms with E-state index in [1.165, 1.54) is 6.26 Å². The Kier molecular flexibility index (Phi) is 6.95. The molecule has 1 fully saturated rings. The van der Waals surface area contributed by atoms with Crippen LogP contribution in [0.5, 0.6) is 23.0 Å². The molecule has 0 spiro atoms. The predicted octanol–water partition coefficient (Wildman–Crippen LogP) is 5.63. The number of para-hydroxylation sites is 1. The largest absolute Gasteiger partial charge is 0.457 e. The maximum Gasteiger partial charge on any atom is 0.275 e. The number of amides is 1. The number of carbonyl (C=O) groups excluding carboxylic acids is 1. The molecule has 3 aromatic carbocycles. The van der Waals surface area contributed by atoms with Crippen LogP contribution in [0.25, 0.3) is 0 Å². The van der Waals surface area contributed by atoms with Crippen molar-refractivity contribution in [2.75, 3.05) is 19.9 Å². The van der Waals surface area contributed by atoms with Crippen molar-refractivity contribution in [2.45, 2.75) is 32.5 Å². The molecule has 194 valence electrons. The van der Waals surface area contributed by atoms with Gasteiger partial charge in [-0.1, -0.05) is 36.4 Å². The van der Waals surface area contributed by atoms with Crippen molar-refractivity contribution in [3.05, 3.63) is 102 Å². The van der Waals surface area contributed by atoms with Crippen LogP contribution in [-0.2, 0) is 19.6 Å². The third kappa shape index (κ3) is 5.65. The number of aromatic nitrogens is 1. The number of likely N-dealkylation sites (tertiary alicyclic amines) is 1. The molecule has 38 heavy (non-hydrogen) atoms. The standard InChI is InChI=1S/C30H29N3O5/c34-30(33-13-4-5-14-33)26-20-35-29(31-26)19-32(18-23-11-12-27-28(16-23)37-21-36-27)17-22-7-6-10-25(15-22)38-24-8-2-1-3-9-24/h1-3,6-12,15-16,20H,4-5,13-14,17-19,21H2. The van der Waals surface area contributed by atoms with Gasteiger partial charge in [0, 0.05) is 26.2 Å². The summed E-state index contributed by atoms with van der Waals surface area (Å²) in [4.78, 5) is 21.4. The summed E-state index contributed by atoms with van der Waals surface area (Å²) in [6, 6.07) is 23.7. The lowest BCUT2D eigenvalue weighted by molar-refractivity contribution is 0.0787. The van der Waals surface area contributed by atoms with Crippen LogP contribution in [0.3, 0.4) is 0 Å². The lowest BCUT2D eigenvalue weighted by Gasteiger charge is -2.21. The molecule has 1 aromatic heterocycles. The molecule has 0 atom stereocenters. The average molecular weight is 512 g/mol. The summed E-state index contributed by atoms with van der Waals surface area (Å²) in [5.41, 5.74) is 2.52. The van der Waals surface area contributed by atoms with Crippen LogP contribution in [0, 0.1) is 0 Å². The first-order chi connectivity index (χ1) is 18.7. The molecule has 2 aliphatic heterocycles. The van der Waals surface area contributed by atoms with E-state index in [4.69, 9.17) is 18.6 Å². The van der Waals surface area contributed by atoms with E-state index in [0.29, 0.717) is 31.2 Å². The molecule has 2 aliphatic rings. The quantitative estimate of drug-likeness (QED) is 0.288. The molecule has 0 radical (unpaired) electrons. The van der Waals surface area contributed by atoms with Gasteiger partial charge in [-0.05, 0) is 60.4 Å². The molecule has 8 nitrogen and oxygen atoms in total. The molecular formula is C30H29N3O5. The Morgan fingerprint density at radius 1 is 0.842 bits per heavy atom. The highest BCUT2D eigenvalue weighted by Gasteiger charge is 2.23. The van der Waals surface area contributed by atoms with Gasteiger partial charge < -0.3 is 23.5 Å². The molecule has 0 unspecified atom stereocenters. The first kappa shape index (κ1) is 24.1. The second-order valence-electron chi connectivity index (χ2n) is 9.52. The van der Waals surface area contributed by atoms with Crippen molar-refractivity contribution >= 4 is 5.91 Å². The van der Waals surface area contributed by atoms with Gasteiger partial charge in [0.15, 0.2) is 17.2 Å². The number of benzene rings is 3. The third-order valence-corrected chi connectivity index (χ3v) is 6.65. The molecular weight excluding hydrogens is 482 g/mol. The van der Waals surface area contributed by atoms with Crippen LogP contribution in [0.15, 0.2) is 83.5 Å². The maximum absolute atomic E-state index is 12.8. The number of carbonyl (C=O) groups is 1. The van der Waals surface area contributed by atoms with Gasteiger partial charge in [-0.2, -0.15) is 0 Å². The Morgan fingerprint density at radius 3 is 2.45 bits per heavy atom. The zero-order chi connectivity index (χ0) is 25.7. The fraction of sp³-hybridized carbons (Fsp3) is 0.267. The van der Waals surface area contributed by atoms with E-state index in [0.717, 1.165) is 60.1 Å². The van der Waals surface area contributed by atoms with Crippen molar-refractivity contribution < 1.29 is 23.4 Å². The predicted molar refractivity (Wildman–Crippen MR) is 140 cm³/mol. The number of hydrogen-bond acceptors (Lipinski definition) is 7. The van der Waals surface area contributed by atoms with Crippen LogP contribution < -0.4 is 14.2 Å². The number of hydrogen-bond donors (Lipinski definition) is 0. The molecule has 0 N–H and O–H groups in total. The first-order valence-electron chi connectivity index (χ1n) is 12.9. The molecule has 4 aromatic rings. The van der Waals surface area contributed by atoms with E-state index in [9.17, 15) is 4.79 Å². The lowest BCUT2D eigenvalue weighted by atomic mass is 10.1. The monoisotopic (exact) mass is 511 g/mol. The molecule has 3 heterocycles. The Labute approximate surface area is 221 Å². The molecule has 0 saturated carbocycles. The number of oxazole rings is 1. The second-order valence-corrected chi connectivity index (χ2v) is 9.52. The summed E-state index contributed by atoms with van der Waals surface area (Å²) in [6.07, 6.45) is 3.54. The summed E-state index contributed by atoms with van der Waals surface area (Å²) < 4.78 is 22.8. The molecule has 0 bridgehead atoms. The highest BCUT2D eigenvalue weighted by atomic mass is 16.7. The second kappa shape index (κ2) is 11.0. The van der Waals surface area contributed by atoms with Gasteiger partial charge in [0.2, 0.25) is 12.7 Å². The van der Waals surface area contributed by atoms with Gasteiger partial charge in [0.1, 0.15) is 17.8 Å². The van der Waals surface area contributed by atoms with Crippen LogP contribution in [0.1, 0.15) is 40.3 Å². The Bertz CT molecular complexity index is 1400. The van der Waals surface area contributed by atoms with E-state index >= 15 is 0 Å². The molecule has 0 aliphatic carbocycles. The van der Waals surface area contributed by atoms with E-state index in [2.05, 4.69) is 16.0 Å². The number of fused-ring (bicyclic) bond motifs is 1. The minimum absolute atomic E-state index is 0.0643. The highest BCUT2D eigenvalue weighted by Crippen LogP contribution is 2.33. The van der Waals surface area contributed by atoms with Crippen molar-refractivity contribution in [1.29, 1.82) is 0 Å². The summed E-state index contributed by atoms with van der Waals surface area (Å²) in [5, 5.41) is 0. The highest BCUT2D eigenvalue weighted by molar-refractivity contribution is 5.92. The van der Waals surface area contributed by atoms with Crippen molar-refractivity contribution in [2.24, 2.45) is 0 Å². The molecule has 1 amide bonds. The Balaban J connectivity index is 1.21. The molecule has 6 rings (SSSR count). The normalized spacial score (nSPS) is 14.3. The summed E-state index contributed by atoms with van der Waals surface area (Å²) in [6.45, 7) is 3.47. The van der Waals surface area contributed by atoms with E-state index < -0.39 is 0 Å². The van der Waals surface area contributed by atoms with Gasteiger partial charge in [0.05, 0.1) is 6.54 Å². The summed E-state index contributed by atoms with van der Waals surface area (Å²) in [5.74, 6) is 3.50. The van der Waals surface area contributed by atoms with Crippen molar-refractivity contribution in [1.82, 2.24) is 14.8 Å². The van der Waals surface area contributed by atoms with E-state index in [-0.39, 0.29) is 12.7 Å². The van der Waals surface area contributed by atoms with Gasteiger partial charge in [0.25, 0.3) is 5.91 Å². The number of ether oxygens (including phenoxy) is 3. The third-order valence-electron chi connectivity index (χ3n) is 6.65. The minimum Gasteiger partial charge on any atom is -0.457 e. The van der Waals surface area contributed by atoms with E-state index in [1.807, 2.05) is 71.6 Å². The topological polar surface area (TPSA) is 77.3 Å². The van der Waals surface area contributed by atoms with Gasteiger partial charge in [-0.15, -0.1) is 0 Å². The minimum atomic E-state index is -0.0643. The lowest BCUT2D eigenvalue weighted by Crippen LogP contribution is -2.28. The van der Waals surface area contributed by atoms with Crippen molar-refractivity contribution in [3.63, 3.8) is 0 Å². The van der Waals surface area contributed by atoms with Crippen LogP contribution >= 0.6 is 0 Å². The van der Waals surface area contributed by atoms with Crippen molar-refractivity contribution in [3.8, 4) is 23.0 Å². The summed E-state index contributed by atoms with van der Waals surface area (Å²) in [7, 11) is 0. The smallest absolute Gasteiger partial charge is 0.275 e. The van der Waals surface area contributed by atoms with E-state index in [1.54, 1.807) is 0 Å². The summed E-state index contributed by atoms with van der Waals surface area (Å²) >= 11 is 0. The fourth-order valence-electron chi connectivity index (χ4n) is 4.81. The SMILES string of the molecule is O=C(c1coc(CN(Cc2cccc(Oc3ccccc3)c2)Cc2ccc3c(c2)OCO3)n1)N1CCCC1. The zero-order valence-corrected chi connectivity index (χ0v) is 21.0. The maximum atomic E-state index is 12.8. The van der Waals surface area contributed by atoms with Gasteiger partial charge in [-0.3, -0.25) is 9.69 Å². The first-order valence-corrected chi connectivity index (χ1v) is 12.9. The fourth-order valence-corrected chi connectivity index (χ4v) is 4.81. The Hall–Kier alpha value is -4.30. The zero-order valence-electron chi connectivity index (χ0n) is 21.0. The Morgan fingerprint density at radius 2 is 1.61 bits per heavy atom. The molecule has 8 heteroatoms. The van der Waals surface area contributed by atoms with Gasteiger partial charge >= 0.3 is 0 Å². The van der Waals surface area contributed by atoms with Gasteiger partial charge in [-0.25, -0.2) is 4.98 Å². The van der Waals surface area contributed by atoms with Crippen LogP contribution in [0.2, 0.25) is 0 Å². The van der Waals surface area contributed by atoms with Crippen LogP contribution in [-0.4, -0.2) is 40.6 Å².